The standard InChI is InChI=1S/C14H15F4NO2/c1-19-4-2-12(3-5-19)21-13(20)9-6-10(14(16,17)18)8-11(15)7-9/h6-8,12H,2-5H2,1H3. The van der Waals surface area contributed by atoms with Crippen LogP contribution in [0.2, 0.25) is 0 Å². The number of benzene rings is 1. The van der Waals surface area contributed by atoms with Gasteiger partial charge < -0.3 is 9.64 Å². The lowest BCUT2D eigenvalue weighted by molar-refractivity contribution is -0.137. The van der Waals surface area contributed by atoms with Crippen LogP contribution in [0.4, 0.5) is 17.6 Å². The first-order chi connectivity index (χ1) is 9.75. The fraction of sp³-hybridized carbons (Fsp3) is 0.500. The molecule has 1 saturated heterocycles. The number of piperidine rings is 1. The van der Waals surface area contributed by atoms with Crippen LogP contribution in [0.5, 0.6) is 0 Å². The molecule has 21 heavy (non-hydrogen) atoms. The number of hydrogen-bond acceptors (Lipinski definition) is 3. The second-order valence-corrected chi connectivity index (χ2v) is 5.13. The van der Waals surface area contributed by atoms with Crippen LogP contribution in [-0.4, -0.2) is 37.1 Å². The number of alkyl halides is 3. The first-order valence-electron chi connectivity index (χ1n) is 6.53. The molecule has 1 fully saturated rings. The van der Waals surface area contributed by atoms with E-state index in [4.69, 9.17) is 4.74 Å². The second kappa shape index (κ2) is 6.01. The van der Waals surface area contributed by atoms with Crippen molar-refractivity contribution >= 4 is 5.97 Å². The number of likely N-dealkylation sites (tertiary alicyclic amines) is 1. The number of carbonyl (C=O) groups is 1. The fourth-order valence-electron chi connectivity index (χ4n) is 2.19. The van der Waals surface area contributed by atoms with Crippen molar-refractivity contribution in [2.24, 2.45) is 0 Å². The van der Waals surface area contributed by atoms with Crippen LogP contribution in [0, 0.1) is 5.82 Å². The van der Waals surface area contributed by atoms with Crippen LogP contribution in [0.3, 0.4) is 0 Å². The molecule has 0 aliphatic carbocycles. The van der Waals surface area contributed by atoms with Crippen LogP contribution >= 0.6 is 0 Å². The highest BCUT2D eigenvalue weighted by atomic mass is 19.4. The Balaban J connectivity index is 2.10. The lowest BCUT2D eigenvalue weighted by Gasteiger charge is -2.28. The summed E-state index contributed by atoms with van der Waals surface area (Å²) in [5.41, 5.74) is -1.61. The van der Waals surface area contributed by atoms with Gasteiger partial charge in [-0.25, -0.2) is 9.18 Å². The van der Waals surface area contributed by atoms with Crippen LogP contribution in [0.15, 0.2) is 18.2 Å². The minimum Gasteiger partial charge on any atom is -0.459 e. The Morgan fingerprint density at radius 1 is 1.24 bits per heavy atom. The van der Waals surface area contributed by atoms with E-state index in [0.717, 1.165) is 19.2 Å². The van der Waals surface area contributed by atoms with Crippen molar-refractivity contribution in [1.29, 1.82) is 0 Å². The quantitative estimate of drug-likeness (QED) is 0.621. The SMILES string of the molecule is CN1CCC(OC(=O)c2cc(F)cc(C(F)(F)F)c2)CC1. The van der Waals surface area contributed by atoms with Gasteiger partial charge in [0.2, 0.25) is 0 Å². The van der Waals surface area contributed by atoms with Gasteiger partial charge in [0.05, 0.1) is 11.1 Å². The van der Waals surface area contributed by atoms with E-state index in [0.29, 0.717) is 25.0 Å². The average molecular weight is 305 g/mol. The molecule has 0 amide bonds. The monoisotopic (exact) mass is 305 g/mol. The van der Waals surface area contributed by atoms with Crippen molar-refractivity contribution < 1.29 is 27.1 Å². The van der Waals surface area contributed by atoms with Gasteiger partial charge in [-0.15, -0.1) is 0 Å². The van der Waals surface area contributed by atoms with Gasteiger partial charge in [-0.1, -0.05) is 0 Å². The summed E-state index contributed by atoms with van der Waals surface area (Å²) >= 11 is 0. The maximum absolute atomic E-state index is 13.2. The largest absolute Gasteiger partial charge is 0.459 e. The van der Waals surface area contributed by atoms with E-state index in [-0.39, 0.29) is 6.10 Å². The van der Waals surface area contributed by atoms with Gasteiger partial charge in [0, 0.05) is 13.1 Å². The number of hydrogen-bond donors (Lipinski definition) is 0. The van der Waals surface area contributed by atoms with Crippen LogP contribution in [0.25, 0.3) is 0 Å². The van der Waals surface area contributed by atoms with Crippen LogP contribution < -0.4 is 0 Å². The highest BCUT2D eigenvalue weighted by Crippen LogP contribution is 2.30. The molecular weight excluding hydrogens is 290 g/mol. The molecule has 1 aliphatic rings. The summed E-state index contributed by atoms with van der Waals surface area (Å²) in [6.07, 6.45) is -3.82. The van der Waals surface area contributed by atoms with Gasteiger partial charge in [-0.05, 0) is 38.1 Å². The van der Waals surface area contributed by atoms with E-state index in [1.807, 2.05) is 7.05 Å². The fourth-order valence-corrected chi connectivity index (χ4v) is 2.19. The predicted octanol–water partition coefficient (Wildman–Crippen LogP) is 3.10. The highest BCUT2D eigenvalue weighted by molar-refractivity contribution is 5.89. The molecule has 1 aliphatic heterocycles. The molecule has 3 nitrogen and oxygen atoms in total. The summed E-state index contributed by atoms with van der Waals surface area (Å²) in [7, 11) is 1.93. The van der Waals surface area contributed by atoms with Gasteiger partial charge >= 0.3 is 12.1 Å². The molecule has 0 unspecified atom stereocenters. The number of ether oxygens (including phenoxy) is 1. The van der Waals surface area contributed by atoms with Gasteiger partial charge in [-0.2, -0.15) is 13.2 Å². The van der Waals surface area contributed by atoms with Gasteiger partial charge in [0.15, 0.2) is 0 Å². The average Bonchev–Trinajstić information content (AvgIpc) is 2.39. The molecule has 116 valence electrons. The lowest BCUT2D eigenvalue weighted by atomic mass is 10.1. The summed E-state index contributed by atoms with van der Waals surface area (Å²) in [6.45, 7) is 1.49. The molecule has 2 rings (SSSR count). The second-order valence-electron chi connectivity index (χ2n) is 5.13. The third-order valence-corrected chi connectivity index (χ3v) is 3.40. The number of carbonyl (C=O) groups excluding carboxylic acids is 1. The van der Waals surface area contributed by atoms with Crippen molar-refractivity contribution in [3.8, 4) is 0 Å². The van der Waals surface area contributed by atoms with Crippen molar-refractivity contribution in [3.05, 3.63) is 35.1 Å². The normalized spacial score (nSPS) is 17.8. The maximum Gasteiger partial charge on any atom is 0.416 e. The smallest absolute Gasteiger partial charge is 0.416 e. The first-order valence-corrected chi connectivity index (χ1v) is 6.53. The maximum atomic E-state index is 13.2. The topological polar surface area (TPSA) is 29.5 Å². The number of nitrogens with zero attached hydrogens (tertiary/aromatic N) is 1. The first kappa shape index (κ1) is 15.8. The Morgan fingerprint density at radius 2 is 1.86 bits per heavy atom. The molecule has 0 spiro atoms. The molecule has 0 N–H and O–H groups in total. The Hall–Kier alpha value is -1.63. The molecule has 1 aromatic carbocycles. The number of halogens is 4. The van der Waals surface area contributed by atoms with Crippen LogP contribution in [-0.2, 0) is 10.9 Å². The Labute approximate surface area is 119 Å². The third-order valence-electron chi connectivity index (χ3n) is 3.40. The molecule has 0 bridgehead atoms. The van der Waals surface area contributed by atoms with E-state index in [1.165, 1.54) is 0 Å². The summed E-state index contributed by atoms with van der Waals surface area (Å²) in [6, 6.07) is 1.72. The Morgan fingerprint density at radius 3 is 2.43 bits per heavy atom. The highest BCUT2D eigenvalue weighted by Gasteiger charge is 2.32. The molecule has 7 heteroatoms. The molecule has 0 aromatic heterocycles. The molecule has 0 atom stereocenters. The van der Waals surface area contributed by atoms with Crippen molar-refractivity contribution in [2.75, 3.05) is 20.1 Å². The number of rotatable bonds is 2. The summed E-state index contributed by atoms with van der Waals surface area (Å²) in [4.78, 5) is 13.9. The van der Waals surface area contributed by atoms with Crippen LogP contribution in [0.1, 0.15) is 28.8 Å². The molecule has 1 heterocycles. The molecular formula is C14H15F4NO2. The number of esters is 1. The van der Waals surface area contributed by atoms with Gasteiger partial charge in [0.1, 0.15) is 11.9 Å². The van der Waals surface area contributed by atoms with E-state index in [1.54, 1.807) is 0 Å². The van der Waals surface area contributed by atoms with E-state index in [2.05, 4.69) is 4.90 Å². The lowest BCUT2D eigenvalue weighted by Crippen LogP contribution is -2.35. The van der Waals surface area contributed by atoms with E-state index < -0.39 is 29.1 Å². The molecule has 0 saturated carbocycles. The van der Waals surface area contributed by atoms with Gasteiger partial charge in [0.25, 0.3) is 0 Å². The zero-order valence-corrected chi connectivity index (χ0v) is 11.4. The van der Waals surface area contributed by atoms with Gasteiger partial charge in [-0.3, -0.25) is 0 Å². The van der Waals surface area contributed by atoms with Crippen molar-refractivity contribution in [2.45, 2.75) is 25.1 Å². The Bertz CT molecular complexity index is 522. The van der Waals surface area contributed by atoms with E-state index in [9.17, 15) is 22.4 Å². The van der Waals surface area contributed by atoms with Crippen molar-refractivity contribution in [1.82, 2.24) is 4.90 Å². The zero-order valence-electron chi connectivity index (χ0n) is 11.4. The summed E-state index contributed by atoms with van der Waals surface area (Å²) in [5.74, 6) is -2.03. The summed E-state index contributed by atoms with van der Waals surface area (Å²) in [5, 5.41) is 0. The minimum absolute atomic E-state index is 0.341. The molecule has 1 aromatic rings. The Kier molecular flexibility index (Phi) is 4.51. The zero-order chi connectivity index (χ0) is 15.6. The predicted molar refractivity (Wildman–Crippen MR) is 67.3 cm³/mol. The molecule has 0 radical (unpaired) electrons. The third kappa shape index (κ3) is 4.17. The van der Waals surface area contributed by atoms with Crippen molar-refractivity contribution in [3.63, 3.8) is 0 Å². The van der Waals surface area contributed by atoms with E-state index >= 15 is 0 Å². The minimum atomic E-state index is -4.70. The summed E-state index contributed by atoms with van der Waals surface area (Å²) < 4.78 is 56.1.